The fourth-order valence-corrected chi connectivity index (χ4v) is 3.89. The minimum atomic E-state index is -0.247. The van der Waals surface area contributed by atoms with Crippen molar-refractivity contribution < 1.29 is 14.3 Å². The van der Waals surface area contributed by atoms with E-state index in [1.54, 1.807) is 9.42 Å². The van der Waals surface area contributed by atoms with E-state index < -0.39 is 0 Å². The van der Waals surface area contributed by atoms with Crippen LogP contribution in [0.25, 0.3) is 5.78 Å². The molecule has 0 aliphatic carbocycles. The maximum absolute atomic E-state index is 12.9. The van der Waals surface area contributed by atoms with Crippen molar-refractivity contribution in [1.29, 1.82) is 0 Å². The lowest BCUT2D eigenvalue weighted by Crippen LogP contribution is -2.47. The lowest BCUT2D eigenvalue weighted by Gasteiger charge is -2.32. The second-order valence-electron chi connectivity index (χ2n) is 7.76. The number of unbranched alkanes of at least 4 members (excludes halogenated alkanes) is 1. The van der Waals surface area contributed by atoms with Crippen LogP contribution >= 0.6 is 11.8 Å². The van der Waals surface area contributed by atoms with Crippen molar-refractivity contribution in [1.82, 2.24) is 29.5 Å². The van der Waals surface area contributed by atoms with Crippen LogP contribution < -0.4 is 4.74 Å². The van der Waals surface area contributed by atoms with Crippen LogP contribution in [0, 0.1) is 6.92 Å². The molecule has 0 saturated carbocycles. The number of carbonyl (C=O) groups is 1. The van der Waals surface area contributed by atoms with Gasteiger partial charge < -0.3 is 14.4 Å². The number of carbonyl (C=O) groups excluding carboxylic acids is 1. The highest BCUT2D eigenvalue weighted by Crippen LogP contribution is 2.18. The number of morpholine rings is 1. The van der Waals surface area contributed by atoms with Crippen LogP contribution in [0.3, 0.4) is 0 Å². The molecule has 170 valence electrons. The number of aryl methyl sites for hydroxylation is 2. The third-order valence-corrected chi connectivity index (χ3v) is 5.81. The van der Waals surface area contributed by atoms with Gasteiger partial charge in [-0.2, -0.15) is 9.50 Å². The van der Waals surface area contributed by atoms with E-state index in [0.29, 0.717) is 48.8 Å². The third kappa shape index (κ3) is 5.18. The van der Waals surface area contributed by atoms with Crippen LogP contribution in [0.15, 0.2) is 29.6 Å². The smallest absolute Gasteiger partial charge is 0.272 e. The summed E-state index contributed by atoms with van der Waals surface area (Å²) in [6.45, 7) is 5.78. The van der Waals surface area contributed by atoms with Crippen LogP contribution in [0.4, 0.5) is 0 Å². The Balaban J connectivity index is 1.39. The number of nitrogens with zero attached hydrogens (tertiary/aromatic N) is 6. The zero-order valence-electron chi connectivity index (χ0n) is 18.7. The first-order valence-electron chi connectivity index (χ1n) is 10.8. The number of ether oxygens (including phenoxy) is 2. The Labute approximate surface area is 191 Å². The SMILES string of the molecule is CCCCc1ccc(C(=O)N2CCOC(COc3cc(C)nc4nc(SC)nn34)C2)nc1. The molecule has 0 N–H and O–H groups in total. The van der Waals surface area contributed by atoms with Gasteiger partial charge in [0.1, 0.15) is 18.4 Å². The molecule has 10 heteroatoms. The lowest BCUT2D eigenvalue weighted by molar-refractivity contribution is -0.0411. The molecule has 1 fully saturated rings. The molecule has 0 aromatic carbocycles. The number of fused-ring (bicyclic) bond motifs is 1. The highest BCUT2D eigenvalue weighted by molar-refractivity contribution is 7.98. The maximum Gasteiger partial charge on any atom is 0.272 e. The minimum absolute atomic E-state index is 0.0802. The van der Waals surface area contributed by atoms with Crippen LogP contribution in [0.5, 0.6) is 5.88 Å². The van der Waals surface area contributed by atoms with Crippen LogP contribution in [0.1, 0.15) is 41.5 Å². The molecule has 1 atom stereocenters. The van der Waals surface area contributed by atoms with E-state index in [4.69, 9.17) is 9.47 Å². The standard InChI is InChI=1S/C22H28N6O3S/c1-4-5-6-16-7-8-18(23-12-16)20(29)27-9-10-30-17(13-27)14-31-19-11-15(2)24-21-25-22(32-3)26-28(19)21/h7-8,11-12,17H,4-6,9-10,13-14H2,1-3H3. The average molecular weight is 457 g/mol. The monoisotopic (exact) mass is 456 g/mol. The van der Waals surface area contributed by atoms with Gasteiger partial charge in [0.25, 0.3) is 11.7 Å². The number of thioether (sulfide) groups is 1. The van der Waals surface area contributed by atoms with Gasteiger partial charge in [-0.15, -0.1) is 5.10 Å². The van der Waals surface area contributed by atoms with Gasteiger partial charge in [0, 0.05) is 24.5 Å². The van der Waals surface area contributed by atoms with Gasteiger partial charge in [0.05, 0.1) is 13.2 Å². The molecule has 3 aromatic rings. The summed E-state index contributed by atoms with van der Waals surface area (Å²) in [7, 11) is 0. The molecule has 0 radical (unpaired) electrons. The number of pyridine rings is 1. The molecule has 9 nitrogen and oxygen atoms in total. The van der Waals surface area contributed by atoms with E-state index in [9.17, 15) is 4.79 Å². The quantitative estimate of drug-likeness (QED) is 0.478. The first kappa shape index (κ1) is 22.5. The molecular weight excluding hydrogens is 428 g/mol. The zero-order chi connectivity index (χ0) is 22.5. The normalized spacial score (nSPS) is 16.5. The summed E-state index contributed by atoms with van der Waals surface area (Å²) in [4.78, 5) is 27.9. The molecule has 4 heterocycles. The summed E-state index contributed by atoms with van der Waals surface area (Å²) in [6.07, 6.45) is 6.72. The first-order valence-corrected chi connectivity index (χ1v) is 12.1. The van der Waals surface area contributed by atoms with Crippen LogP contribution in [-0.4, -0.2) is 74.0 Å². The molecular formula is C22H28N6O3S. The van der Waals surface area contributed by atoms with Gasteiger partial charge in [-0.3, -0.25) is 9.78 Å². The molecule has 1 aliphatic heterocycles. The Bertz CT molecular complexity index is 1070. The summed E-state index contributed by atoms with van der Waals surface area (Å²) in [5.41, 5.74) is 2.42. The molecule has 1 aliphatic rings. The highest BCUT2D eigenvalue weighted by atomic mass is 32.2. The summed E-state index contributed by atoms with van der Waals surface area (Å²) in [6, 6.07) is 5.63. The van der Waals surface area contributed by atoms with Crippen molar-refractivity contribution in [3.8, 4) is 5.88 Å². The zero-order valence-corrected chi connectivity index (χ0v) is 19.5. The molecule has 1 unspecified atom stereocenters. The molecule has 1 amide bonds. The van der Waals surface area contributed by atoms with Crippen molar-refractivity contribution >= 4 is 23.4 Å². The van der Waals surface area contributed by atoms with Gasteiger partial charge in [-0.05, 0) is 37.7 Å². The van der Waals surface area contributed by atoms with E-state index in [-0.39, 0.29) is 12.0 Å². The Kier molecular flexibility index (Phi) is 7.21. The van der Waals surface area contributed by atoms with Gasteiger partial charge in [-0.25, -0.2) is 4.98 Å². The van der Waals surface area contributed by atoms with E-state index in [2.05, 4.69) is 27.0 Å². The molecule has 1 saturated heterocycles. The Morgan fingerprint density at radius 3 is 2.97 bits per heavy atom. The lowest BCUT2D eigenvalue weighted by atomic mass is 10.1. The minimum Gasteiger partial charge on any atom is -0.475 e. The summed E-state index contributed by atoms with van der Waals surface area (Å²) in [5.74, 6) is 0.972. The fraction of sp³-hybridized carbons (Fsp3) is 0.500. The van der Waals surface area contributed by atoms with E-state index in [0.717, 1.165) is 30.5 Å². The molecule has 3 aromatic heterocycles. The first-order chi connectivity index (χ1) is 15.6. The largest absolute Gasteiger partial charge is 0.475 e. The molecule has 0 spiro atoms. The predicted octanol–water partition coefficient (Wildman–Crippen LogP) is 2.81. The van der Waals surface area contributed by atoms with Crippen LogP contribution in [-0.2, 0) is 11.2 Å². The van der Waals surface area contributed by atoms with E-state index in [1.807, 2.05) is 37.6 Å². The number of amides is 1. The van der Waals surface area contributed by atoms with Crippen molar-refractivity contribution in [3.05, 3.63) is 41.3 Å². The molecule has 32 heavy (non-hydrogen) atoms. The van der Waals surface area contributed by atoms with Crippen molar-refractivity contribution in [2.75, 3.05) is 32.6 Å². The number of hydrogen-bond acceptors (Lipinski definition) is 8. The number of hydrogen-bond donors (Lipinski definition) is 0. The summed E-state index contributed by atoms with van der Waals surface area (Å²) >= 11 is 1.45. The fourth-order valence-electron chi connectivity index (χ4n) is 3.55. The van der Waals surface area contributed by atoms with Crippen molar-refractivity contribution in [2.24, 2.45) is 0 Å². The van der Waals surface area contributed by atoms with Crippen LogP contribution in [0.2, 0.25) is 0 Å². The van der Waals surface area contributed by atoms with E-state index >= 15 is 0 Å². The third-order valence-electron chi connectivity index (χ3n) is 5.28. The predicted molar refractivity (Wildman–Crippen MR) is 121 cm³/mol. The van der Waals surface area contributed by atoms with Gasteiger partial charge in [0.2, 0.25) is 11.0 Å². The average Bonchev–Trinajstić information content (AvgIpc) is 3.24. The number of rotatable bonds is 8. The van der Waals surface area contributed by atoms with Crippen molar-refractivity contribution in [3.63, 3.8) is 0 Å². The maximum atomic E-state index is 12.9. The summed E-state index contributed by atoms with van der Waals surface area (Å²) in [5, 5.41) is 5.04. The number of aromatic nitrogens is 5. The van der Waals surface area contributed by atoms with Gasteiger partial charge in [0.15, 0.2) is 0 Å². The summed E-state index contributed by atoms with van der Waals surface area (Å²) < 4.78 is 13.5. The topological polar surface area (TPSA) is 94.7 Å². The Morgan fingerprint density at radius 1 is 1.34 bits per heavy atom. The Hall–Kier alpha value is -2.72. The molecule has 4 rings (SSSR count). The van der Waals surface area contributed by atoms with Gasteiger partial charge >= 0.3 is 0 Å². The van der Waals surface area contributed by atoms with Crippen molar-refractivity contribution in [2.45, 2.75) is 44.4 Å². The second kappa shape index (κ2) is 10.3. The highest BCUT2D eigenvalue weighted by Gasteiger charge is 2.26. The second-order valence-corrected chi connectivity index (χ2v) is 8.53. The molecule has 0 bridgehead atoms. The van der Waals surface area contributed by atoms with Gasteiger partial charge in [-0.1, -0.05) is 31.2 Å². The van der Waals surface area contributed by atoms with E-state index in [1.165, 1.54) is 11.8 Å². The Morgan fingerprint density at radius 2 is 2.22 bits per heavy atom.